The van der Waals surface area contributed by atoms with E-state index in [0.29, 0.717) is 0 Å². The predicted octanol–water partition coefficient (Wildman–Crippen LogP) is 3.98. The summed E-state index contributed by atoms with van der Waals surface area (Å²) >= 11 is 1.53. The van der Waals surface area contributed by atoms with Crippen LogP contribution >= 0.6 is 11.3 Å². The first kappa shape index (κ1) is 20.8. The van der Waals surface area contributed by atoms with Crippen LogP contribution in [-0.2, 0) is 6.42 Å². The molecule has 7 nitrogen and oxygen atoms in total. The Bertz CT molecular complexity index is 1180. The summed E-state index contributed by atoms with van der Waals surface area (Å²) in [6.45, 7) is 5.62. The lowest BCUT2D eigenvalue weighted by Crippen LogP contribution is -2.47. The third kappa shape index (κ3) is 3.80. The van der Waals surface area contributed by atoms with Crippen molar-refractivity contribution in [2.45, 2.75) is 19.4 Å². The summed E-state index contributed by atoms with van der Waals surface area (Å²) in [5.41, 5.74) is 2.37. The highest BCUT2D eigenvalue weighted by atomic mass is 32.1. The fraction of sp³-hybridized carbons (Fsp3) is 0.333. The van der Waals surface area contributed by atoms with Crippen LogP contribution in [0.4, 0.5) is 5.69 Å². The van der Waals surface area contributed by atoms with Crippen LogP contribution in [0, 0.1) is 0 Å². The molecule has 0 amide bonds. The fourth-order valence-electron chi connectivity index (χ4n) is 4.31. The SMILES string of the molecule is CCc1nc2sc([C@H](c3ccccc3)N3CCN(c4ccc(OC)cc4)CC3)c(O)n2n1. The van der Waals surface area contributed by atoms with Gasteiger partial charge in [0.05, 0.1) is 18.0 Å². The fourth-order valence-corrected chi connectivity index (χ4v) is 5.45. The van der Waals surface area contributed by atoms with E-state index in [-0.39, 0.29) is 11.9 Å². The van der Waals surface area contributed by atoms with Gasteiger partial charge in [-0.15, -0.1) is 5.10 Å². The monoisotopic (exact) mass is 449 g/mol. The molecule has 5 rings (SSSR count). The van der Waals surface area contributed by atoms with Crippen LogP contribution in [0.1, 0.15) is 29.2 Å². The first-order valence-electron chi connectivity index (χ1n) is 10.9. The molecule has 3 heterocycles. The van der Waals surface area contributed by atoms with Gasteiger partial charge in [-0.1, -0.05) is 48.6 Å². The van der Waals surface area contributed by atoms with Crippen molar-refractivity contribution in [1.82, 2.24) is 19.5 Å². The second kappa shape index (κ2) is 8.80. The smallest absolute Gasteiger partial charge is 0.230 e. The molecule has 0 aliphatic carbocycles. The lowest BCUT2D eigenvalue weighted by molar-refractivity contribution is 0.211. The van der Waals surface area contributed by atoms with Gasteiger partial charge in [-0.05, 0) is 29.8 Å². The molecule has 0 spiro atoms. The molecule has 1 saturated heterocycles. The normalized spacial score (nSPS) is 15.9. The van der Waals surface area contributed by atoms with Crippen molar-refractivity contribution >= 4 is 22.0 Å². The van der Waals surface area contributed by atoms with E-state index in [1.54, 1.807) is 11.6 Å². The van der Waals surface area contributed by atoms with Crippen molar-refractivity contribution in [3.8, 4) is 11.6 Å². The van der Waals surface area contributed by atoms with E-state index >= 15 is 0 Å². The number of benzene rings is 2. The number of fused-ring (bicyclic) bond motifs is 1. The third-order valence-corrected chi connectivity index (χ3v) is 7.11. The van der Waals surface area contributed by atoms with Gasteiger partial charge in [0.1, 0.15) is 5.75 Å². The van der Waals surface area contributed by atoms with Crippen LogP contribution in [0.15, 0.2) is 54.6 Å². The van der Waals surface area contributed by atoms with Crippen LogP contribution < -0.4 is 9.64 Å². The summed E-state index contributed by atoms with van der Waals surface area (Å²) < 4.78 is 6.87. The minimum absolute atomic E-state index is 0.0345. The highest BCUT2D eigenvalue weighted by Crippen LogP contribution is 2.40. The van der Waals surface area contributed by atoms with Gasteiger partial charge in [0.15, 0.2) is 5.82 Å². The number of ether oxygens (including phenoxy) is 1. The molecule has 2 aromatic heterocycles. The minimum atomic E-state index is -0.0345. The molecular weight excluding hydrogens is 422 g/mol. The van der Waals surface area contributed by atoms with Crippen molar-refractivity contribution in [1.29, 1.82) is 0 Å². The van der Waals surface area contributed by atoms with Gasteiger partial charge in [0, 0.05) is 38.3 Å². The van der Waals surface area contributed by atoms with Gasteiger partial charge in [-0.2, -0.15) is 4.52 Å². The van der Waals surface area contributed by atoms with E-state index in [0.717, 1.165) is 54.0 Å². The summed E-state index contributed by atoms with van der Waals surface area (Å²) in [6, 6.07) is 18.6. The zero-order valence-corrected chi connectivity index (χ0v) is 19.1. The number of nitrogens with zero attached hydrogens (tertiary/aromatic N) is 5. The first-order chi connectivity index (χ1) is 15.7. The quantitative estimate of drug-likeness (QED) is 0.480. The Kier molecular flexibility index (Phi) is 5.71. The Morgan fingerprint density at radius 3 is 2.38 bits per heavy atom. The van der Waals surface area contributed by atoms with Gasteiger partial charge >= 0.3 is 0 Å². The average molecular weight is 450 g/mol. The summed E-state index contributed by atoms with van der Waals surface area (Å²) in [5, 5.41) is 15.5. The van der Waals surface area contributed by atoms with Gasteiger partial charge in [0.2, 0.25) is 10.8 Å². The van der Waals surface area contributed by atoms with Crippen molar-refractivity contribution in [3.05, 3.63) is 70.9 Å². The van der Waals surface area contributed by atoms with E-state index < -0.39 is 0 Å². The Morgan fingerprint density at radius 1 is 1.03 bits per heavy atom. The molecule has 32 heavy (non-hydrogen) atoms. The van der Waals surface area contributed by atoms with E-state index in [2.05, 4.69) is 56.3 Å². The van der Waals surface area contributed by atoms with E-state index in [9.17, 15) is 5.11 Å². The number of aromatic hydroxyl groups is 1. The molecule has 2 aromatic carbocycles. The molecule has 1 N–H and O–H groups in total. The summed E-state index contributed by atoms with van der Waals surface area (Å²) in [4.78, 5) is 11.1. The molecule has 1 aliphatic rings. The van der Waals surface area contributed by atoms with E-state index in [4.69, 9.17) is 4.74 Å². The van der Waals surface area contributed by atoms with Crippen molar-refractivity contribution in [2.24, 2.45) is 0 Å². The van der Waals surface area contributed by atoms with E-state index in [1.807, 2.05) is 25.1 Å². The van der Waals surface area contributed by atoms with Gasteiger partial charge in [-0.25, -0.2) is 4.98 Å². The molecule has 1 aliphatic heterocycles. The maximum absolute atomic E-state index is 11.1. The van der Waals surface area contributed by atoms with Gasteiger partial charge < -0.3 is 14.7 Å². The third-order valence-electron chi connectivity index (χ3n) is 6.04. The standard InChI is InChI=1S/C24H27N5O2S/c1-3-20-25-24-29(26-20)23(30)22(32-24)21(17-7-5-4-6-8-17)28-15-13-27(14-16-28)18-9-11-19(31-2)12-10-18/h4-12,21,30H,3,13-16H2,1-2H3/t21-/m0/s1. The van der Waals surface area contributed by atoms with Crippen molar-refractivity contribution in [2.75, 3.05) is 38.2 Å². The molecule has 0 unspecified atom stereocenters. The number of aromatic nitrogens is 3. The minimum Gasteiger partial charge on any atom is -0.497 e. The Labute approximate surface area is 191 Å². The average Bonchev–Trinajstić information content (AvgIpc) is 3.39. The Morgan fingerprint density at radius 2 is 1.75 bits per heavy atom. The van der Waals surface area contributed by atoms with Crippen LogP contribution in [0.5, 0.6) is 11.6 Å². The van der Waals surface area contributed by atoms with Crippen LogP contribution in [0.3, 0.4) is 0 Å². The highest BCUT2D eigenvalue weighted by molar-refractivity contribution is 7.17. The summed E-state index contributed by atoms with van der Waals surface area (Å²) in [7, 11) is 1.69. The molecule has 0 radical (unpaired) electrons. The van der Waals surface area contributed by atoms with Gasteiger partial charge in [0.25, 0.3) is 0 Å². The van der Waals surface area contributed by atoms with Crippen LogP contribution in [0.25, 0.3) is 4.96 Å². The first-order valence-corrected chi connectivity index (χ1v) is 11.7. The molecule has 0 bridgehead atoms. The topological polar surface area (TPSA) is 66.1 Å². The lowest BCUT2D eigenvalue weighted by atomic mass is 10.0. The molecule has 0 saturated carbocycles. The molecule has 4 aromatic rings. The second-order valence-corrected chi connectivity index (χ2v) is 8.91. The van der Waals surface area contributed by atoms with Crippen molar-refractivity contribution < 1.29 is 9.84 Å². The number of methoxy groups -OCH3 is 1. The molecule has 1 atom stereocenters. The summed E-state index contributed by atoms with van der Waals surface area (Å²) in [6.07, 6.45) is 0.749. The second-order valence-electron chi connectivity index (χ2n) is 7.90. The Hall–Kier alpha value is -3.10. The number of hydrogen-bond donors (Lipinski definition) is 1. The van der Waals surface area contributed by atoms with Gasteiger partial charge in [-0.3, -0.25) is 4.90 Å². The number of anilines is 1. The van der Waals surface area contributed by atoms with E-state index in [1.165, 1.54) is 22.6 Å². The highest BCUT2D eigenvalue weighted by Gasteiger charge is 2.31. The number of hydrogen-bond acceptors (Lipinski definition) is 7. The molecular formula is C24H27N5O2S. The number of thiazole rings is 1. The molecule has 8 heteroatoms. The predicted molar refractivity (Wildman–Crippen MR) is 127 cm³/mol. The van der Waals surface area contributed by atoms with Crippen molar-refractivity contribution in [3.63, 3.8) is 0 Å². The molecule has 1 fully saturated rings. The maximum Gasteiger partial charge on any atom is 0.230 e. The number of aryl methyl sites for hydroxylation is 1. The number of rotatable bonds is 6. The maximum atomic E-state index is 11.1. The molecule has 166 valence electrons. The Balaban J connectivity index is 1.42. The largest absolute Gasteiger partial charge is 0.497 e. The summed E-state index contributed by atoms with van der Waals surface area (Å²) in [5.74, 6) is 1.82. The van der Waals surface area contributed by atoms with Crippen LogP contribution in [0.2, 0.25) is 0 Å². The number of piperazine rings is 1. The lowest BCUT2D eigenvalue weighted by Gasteiger charge is -2.40. The zero-order valence-electron chi connectivity index (χ0n) is 18.3. The van der Waals surface area contributed by atoms with Crippen LogP contribution in [-0.4, -0.2) is 57.9 Å². The zero-order chi connectivity index (χ0) is 22.1.